The maximum absolute atomic E-state index is 5.22. The van der Waals surface area contributed by atoms with E-state index in [0.29, 0.717) is 5.92 Å². The molecule has 0 bridgehead atoms. The molecule has 0 saturated carbocycles. The molecule has 1 atom stereocenters. The maximum Gasteiger partial charge on any atom is 0.118 e. The summed E-state index contributed by atoms with van der Waals surface area (Å²) in [5.74, 6) is 1.20. The number of allylic oxidation sites excluding steroid dienone is 1. The van der Waals surface area contributed by atoms with Crippen molar-refractivity contribution in [2.45, 2.75) is 12.3 Å². The maximum atomic E-state index is 5.22. The third-order valence-electron chi connectivity index (χ3n) is 4.35. The number of methoxy groups -OCH3 is 1. The summed E-state index contributed by atoms with van der Waals surface area (Å²) in [6.07, 6.45) is 2.97. The van der Waals surface area contributed by atoms with Crippen LogP contribution in [-0.4, -0.2) is 7.11 Å². The highest BCUT2D eigenvalue weighted by Gasteiger charge is 2.09. The Morgan fingerprint density at radius 3 is 2.04 bits per heavy atom. The Hall–Kier alpha value is -2.80. The normalized spacial score (nSPS) is 11.7. The Bertz CT molecular complexity index is 771. The van der Waals surface area contributed by atoms with Crippen molar-refractivity contribution in [2.24, 2.45) is 0 Å². The first-order valence-electron chi connectivity index (χ1n) is 8.21. The molecule has 120 valence electrons. The predicted molar refractivity (Wildman–Crippen MR) is 102 cm³/mol. The molecule has 0 heterocycles. The molecule has 0 unspecified atom stereocenters. The third-order valence-corrected chi connectivity index (χ3v) is 4.35. The molecule has 0 aliphatic carbocycles. The summed E-state index contributed by atoms with van der Waals surface area (Å²) in [5, 5.41) is 0. The van der Waals surface area contributed by atoms with Crippen LogP contribution in [0.2, 0.25) is 0 Å². The predicted octanol–water partition coefficient (Wildman–Crippen LogP) is 5.87. The van der Waals surface area contributed by atoms with Crippen molar-refractivity contribution in [1.29, 1.82) is 0 Å². The van der Waals surface area contributed by atoms with E-state index in [4.69, 9.17) is 4.74 Å². The molecule has 24 heavy (non-hydrogen) atoms. The SMILES string of the molecule is C=C[C@@H](Cc1ccc(OC)cc1)c1ccc(-c2ccccc2)cc1. The van der Waals surface area contributed by atoms with Crippen LogP contribution in [0, 0.1) is 0 Å². The standard InChI is InChI=1S/C23H22O/c1-3-19(17-18-9-15-23(24-2)16-10-18)21-11-13-22(14-12-21)20-7-5-4-6-8-20/h3-16,19H,1,17H2,2H3/t19-/m0/s1. The molecule has 0 aliphatic heterocycles. The van der Waals surface area contributed by atoms with Gasteiger partial charge in [0.1, 0.15) is 5.75 Å². The highest BCUT2D eigenvalue weighted by molar-refractivity contribution is 5.63. The van der Waals surface area contributed by atoms with Crippen LogP contribution in [0.1, 0.15) is 17.0 Å². The van der Waals surface area contributed by atoms with E-state index in [2.05, 4.69) is 67.2 Å². The molecule has 0 radical (unpaired) electrons. The van der Waals surface area contributed by atoms with Gasteiger partial charge in [0.25, 0.3) is 0 Å². The summed E-state index contributed by atoms with van der Waals surface area (Å²) in [5.41, 5.74) is 5.06. The fourth-order valence-electron chi connectivity index (χ4n) is 2.91. The van der Waals surface area contributed by atoms with E-state index in [1.807, 2.05) is 24.3 Å². The lowest BCUT2D eigenvalue weighted by atomic mass is 9.91. The summed E-state index contributed by atoms with van der Waals surface area (Å²) in [7, 11) is 1.69. The number of hydrogen-bond acceptors (Lipinski definition) is 1. The fourth-order valence-corrected chi connectivity index (χ4v) is 2.91. The molecule has 0 aliphatic rings. The molecule has 3 rings (SSSR count). The van der Waals surface area contributed by atoms with Gasteiger partial charge in [0.05, 0.1) is 7.11 Å². The second-order valence-corrected chi connectivity index (χ2v) is 5.88. The van der Waals surface area contributed by atoms with Crippen LogP contribution in [0.3, 0.4) is 0 Å². The second kappa shape index (κ2) is 7.65. The lowest BCUT2D eigenvalue weighted by molar-refractivity contribution is 0.414. The quantitative estimate of drug-likeness (QED) is 0.517. The van der Waals surface area contributed by atoms with E-state index in [0.717, 1.165) is 12.2 Å². The van der Waals surface area contributed by atoms with Gasteiger partial charge in [-0.1, -0.05) is 72.8 Å². The Balaban J connectivity index is 1.76. The van der Waals surface area contributed by atoms with Gasteiger partial charge in [0.15, 0.2) is 0 Å². The van der Waals surface area contributed by atoms with E-state index >= 15 is 0 Å². The minimum Gasteiger partial charge on any atom is -0.497 e. The van der Waals surface area contributed by atoms with Gasteiger partial charge in [-0.25, -0.2) is 0 Å². The fraction of sp³-hybridized carbons (Fsp3) is 0.130. The first-order chi connectivity index (χ1) is 11.8. The van der Waals surface area contributed by atoms with Crippen molar-refractivity contribution in [3.8, 4) is 16.9 Å². The largest absolute Gasteiger partial charge is 0.497 e. The van der Waals surface area contributed by atoms with E-state index < -0.39 is 0 Å². The first-order valence-corrected chi connectivity index (χ1v) is 8.21. The molecule has 0 aromatic heterocycles. The number of benzene rings is 3. The van der Waals surface area contributed by atoms with Crippen molar-refractivity contribution >= 4 is 0 Å². The molecule has 0 saturated heterocycles. The summed E-state index contributed by atoms with van der Waals surface area (Å²) < 4.78 is 5.22. The molecule has 1 heteroatoms. The number of rotatable bonds is 6. The van der Waals surface area contributed by atoms with Gasteiger partial charge in [0, 0.05) is 5.92 Å². The van der Waals surface area contributed by atoms with Gasteiger partial charge in [-0.15, -0.1) is 6.58 Å². The third kappa shape index (κ3) is 3.75. The van der Waals surface area contributed by atoms with Crippen LogP contribution in [0.5, 0.6) is 5.75 Å². The summed E-state index contributed by atoms with van der Waals surface area (Å²) in [4.78, 5) is 0. The van der Waals surface area contributed by atoms with Gasteiger partial charge < -0.3 is 4.74 Å². The van der Waals surface area contributed by atoms with Gasteiger partial charge in [-0.05, 0) is 40.8 Å². The van der Waals surface area contributed by atoms with Crippen LogP contribution >= 0.6 is 0 Å². The van der Waals surface area contributed by atoms with Crippen molar-refractivity contribution in [1.82, 2.24) is 0 Å². The molecule has 3 aromatic rings. The number of hydrogen-bond donors (Lipinski definition) is 0. The van der Waals surface area contributed by atoms with E-state index in [1.54, 1.807) is 7.11 Å². The zero-order valence-corrected chi connectivity index (χ0v) is 14.0. The van der Waals surface area contributed by atoms with Crippen molar-refractivity contribution < 1.29 is 4.74 Å². The Kier molecular flexibility index (Phi) is 5.12. The average molecular weight is 314 g/mol. The molecule has 3 aromatic carbocycles. The zero-order chi connectivity index (χ0) is 16.8. The van der Waals surface area contributed by atoms with Crippen LogP contribution < -0.4 is 4.74 Å². The summed E-state index contributed by atoms with van der Waals surface area (Å²) in [6.45, 7) is 4.02. The molecule has 0 N–H and O–H groups in total. The van der Waals surface area contributed by atoms with Crippen LogP contribution in [0.4, 0.5) is 0 Å². The van der Waals surface area contributed by atoms with Gasteiger partial charge in [-0.2, -0.15) is 0 Å². The minimum absolute atomic E-state index is 0.309. The van der Waals surface area contributed by atoms with E-state index in [-0.39, 0.29) is 0 Å². The molecular formula is C23H22O. The van der Waals surface area contributed by atoms with Crippen molar-refractivity contribution in [3.63, 3.8) is 0 Å². The number of ether oxygens (including phenoxy) is 1. The highest BCUT2D eigenvalue weighted by atomic mass is 16.5. The van der Waals surface area contributed by atoms with Gasteiger partial charge in [0.2, 0.25) is 0 Å². The smallest absolute Gasteiger partial charge is 0.118 e. The Morgan fingerprint density at radius 1 is 0.833 bits per heavy atom. The average Bonchev–Trinajstić information content (AvgIpc) is 2.67. The molecule has 0 fully saturated rings. The molecule has 0 spiro atoms. The molecule has 0 amide bonds. The summed E-state index contributed by atoms with van der Waals surface area (Å²) in [6, 6.07) is 27.5. The monoisotopic (exact) mass is 314 g/mol. The van der Waals surface area contributed by atoms with Crippen LogP contribution in [-0.2, 0) is 6.42 Å². The van der Waals surface area contributed by atoms with Crippen LogP contribution in [0.15, 0.2) is 91.5 Å². The molecule has 1 nitrogen and oxygen atoms in total. The zero-order valence-electron chi connectivity index (χ0n) is 14.0. The highest BCUT2D eigenvalue weighted by Crippen LogP contribution is 2.26. The molecular weight excluding hydrogens is 292 g/mol. The van der Waals surface area contributed by atoms with Crippen molar-refractivity contribution in [2.75, 3.05) is 7.11 Å². The van der Waals surface area contributed by atoms with Crippen molar-refractivity contribution in [3.05, 3.63) is 103 Å². The van der Waals surface area contributed by atoms with Gasteiger partial charge in [-0.3, -0.25) is 0 Å². The Morgan fingerprint density at radius 2 is 1.46 bits per heavy atom. The van der Waals surface area contributed by atoms with E-state index in [9.17, 15) is 0 Å². The lowest BCUT2D eigenvalue weighted by Gasteiger charge is -2.14. The van der Waals surface area contributed by atoms with E-state index in [1.165, 1.54) is 22.3 Å². The Labute approximate surface area is 144 Å². The topological polar surface area (TPSA) is 9.23 Å². The first kappa shape index (κ1) is 16.1. The lowest BCUT2D eigenvalue weighted by Crippen LogP contribution is -2.00. The van der Waals surface area contributed by atoms with Crippen LogP contribution in [0.25, 0.3) is 11.1 Å². The van der Waals surface area contributed by atoms with Gasteiger partial charge >= 0.3 is 0 Å². The minimum atomic E-state index is 0.309. The summed E-state index contributed by atoms with van der Waals surface area (Å²) >= 11 is 0. The second-order valence-electron chi connectivity index (χ2n) is 5.88.